The summed E-state index contributed by atoms with van der Waals surface area (Å²) < 4.78 is 5.41. The molecule has 0 aromatic rings. The van der Waals surface area contributed by atoms with Crippen molar-refractivity contribution in [3.63, 3.8) is 0 Å². The number of likely N-dealkylation sites (tertiary alicyclic amines) is 1. The summed E-state index contributed by atoms with van der Waals surface area (Å²) in [7, 11) is 0. The third kappa shape index (κ3) is 4.47. The van der Waals surface area contributed by atoms with E-state index in [1.165, 1.54) is 0 Å². The van der Waals surface area contributed by atoms with Gasteiger partial charge in [0.1, 0.15) is 11.6 Å². The second-order valence-electron chi connectivity index (χ2n) is 6.96. The van der Waals surface area contributed by atoms with E-state index in [1.54, 1.807) is 6.92 Å². The van der Waals surface area contributed by atoms with E-state index in [1.807, 2.05) is 6.92 Å². The van der Waals surface area contributed by atoms with Gasteiger partial charge in [-0.15, -0.1) is 0 Å². The fourth-order valence-corrected chi connectivity index (χ4v) is 3.70. The van der Waals surface area contributed by atoms with Gasteiger partial charge in [-0.1, -0.05) is 32.6 Å². The molecular formula is C18H29N3O3. The molecule has 2 fully saturated rings. The van der Waals surface area contributed by atoms with Crippen LogP contribution in [0.2, 0.25) is 0 Å². The highest BCUT2D eigenvalue weighted by Crippen LogP contribution is 2.27. The number of nitriles is 1. The molecule has 2 atom stereocenters. The summed E-state index contributed by atoms with van der Waals surface area (Å²) in [5.41, 5.74) is -0.795. The number of hydrogen-bond donors (Lipinski definition) is 1. The van der Waals surface area contributed by atoms with E-state index in [0.717, 1.165) is 51.6 Å². The molecule has 134 valence electrons. The maximum Gasteiger partial charge on any atom is 0.324 e. The Balaban J connectivity index is 1.90. The third-order valence-corrected chi connectivity index (χ3v) is 5.24. The number of hydrogen-bond acceptors (Lipinski definition) is 5. The first-order chi connectivity index (χ1) is 11.5. The molecule has 0 radical (unpaired) electrons. The Bertz CT molecular complexity index is 494. The Morgan fingerprint density at radius 1 is 1.29 bits per heavy atom. The van der Waals surface area contributed by atoms with Gasteiger partial charge in [-0.25, -0.2) is 0 Å². The van der Waals surface area contributed by atoms with E-state index in [0.29, 0.717) is 12.8 Å². The Hall–Kier alpha value is -1.61. The largest absolute Gasteiger partial charge is 0.451 e. The van der Waals surface area contributed by atoms with Crippen molar-refractivity contribution in [2.45, 2.75) is 82.9 Å². The van der Waals surface area contributed by atoms with E-state index >= 15 is 0 Å². The number of rotatable bonds is 5. The summed E-state index contributed by atoms with van der Waals surface area (Å²) in [6.07, 6.45) is 6.33. The summed E-state index contributed by atoms with van der Waals surface area (Å²) >= 11 is 0. The lowest BCUT2D eigenvalue weighted by molar-refractivity contribution is -0.161. The molecule has 6 nitrogen and oxygen atoms in total. The molecule has 0 spiro atoms. The summed E-state index contributed by atoms with van der Waals surface area (Å²) in [6, 6.07) is 2.00. The number of carbonyl (C=O) groups excluding carboxylic acids is 2. The molecule has 2 rings (SSSR count). The maximum absolute atomic E-state index is 12.4. The van der Waals surface area contributed by atoms with Crippen LogP contribution in [0.5, 0.6) is 0 Å². The number of piperidine rings is 1. The quantitative estimate of drug-likeness (QED) is 0.778. The fraction of sp³-hybridized carbons (Fsp3) is 0.833. The lowest BCUT2D eigenvalue weighted by Gasteiger charge is -2.34. The van der Waals surface area contributed by atoms with Crippen LogP contribution in [0, 0.1) is 11.3 Å². The summed E-state index contributed by atoms with van der Waals surface area (Å²) in [6.45, 7) is 5.31. The van der Waals surface area contributed by atoms with Crippen molar-refractivity contribution in [2.75, 3.05) is 13.1 Å². The minimum absolute atomic E-state index is 0.251. The van der Waals surface area contributed by atoms with Crippen molar-refractivity contribution in [1.82, 2.24) is 10.2 Å². The molecular weight excluding hydrogens is 306 g/mol. The molecule has 1 saturated heterocycles. The second kappa shape index (κ2) is 8.48. The zero-order chi connectivity index (χ0) is 17.6. The van der Waals surface area contributed by atoms with E-state index in [-0.39, 0.29) is 17.9 Å². The number of nitrogens with one attached hydrogen (secondary N) is 1. The highest BCUT2D eigenvalue weighted by Gasteiger charge is 2.36. The predicted molar refractivity (Wildman–Crippen MR) is 90.0 cm³/mol. The van der Waals surface area contributed by atoms with Gasteiger partial charge >= 0.3 is 5.97 Å². The Labute approximate surface area is 144 Å². The van der Waals surface area contributed by atoms with Gasteiger partial charge in [-0.05, 0) is 45.7 Å². The molecule has 1 amide bonds. The highest BCUT2D eigenvalue weighted by atomic mass is 16.5. The first kappa shape index (κ1) is 18.7. The summed E-state index contributed by atoms with van der Waals surface area (Å²) in [5.74, 6) is -0.695. The topological polar surface area (TPSA) is 82.4 Å². The smallest absolute Gasteiger partial charge is 0.324 e. The minimum Gasteiger partial charge on any atom is -0.451 e. The van der Waals surface area contributed by atoms with Gasteiger partial charge in [0.05, 0.1) is 6.07 Å². The van der Waals surface area contributed by atoms with Crippen molar-refractivity contribution in [3.05, 3.63) is 0 Å². The van der Waals surface area contributed by atoms with Gasteiger partial charge in [0.2, 0.25) is 0 Å². The van der Waals surface area contributed by atoms with Crippen molar-refractivity contribution >= 4 is 11.9 Å². The average molecular weight is 335 g/mol. The first-order valence-electron chi connectivity index (χ1n) is 9.19. The summed E-state index contributed by atoms with van der Waals surface area (Å²) in [4.78, 5) is 26.9. The number of nitrogens with zero attached hydrogens (tertiary/aromatic N) is 2. The van der Waals surface area contributed by atoms with Crippen molar-refractivity contribution in [1.29, 1.82) is 5.26 Å². The first-order valence-corrected chi connectivity index (χ1v) is 9.19. The number of likely N-dealkylation sites (N-methyl/N-ethyl adjacent to an activating group) is 1. The molecule has 1 aliphatic carbocycles. The molecule has 0 aromatic heterocycles. The van der Waals surface area contributed by atoms with Gasteiger partial charge in [-0.2, -0.15) is 5.26 Å². The van der Waals surface area contributed by atoms with Crippen molar-refractivity contribution < 1.29 is 14.3 Å². The molecule has 0 bridgehead atoms. The molecule has 0 aromatic carbocycles. The molecule has 1 N–H and O–H groups in total. The van der Waals surface area contributed by atoms with E-state index in [9.17, 15) is 14.9 Å². The zero-order valence-corrected chi connectivity index (χ0v) is 14.8. The second-order valence-corrected chi connectivity index (χ2v) is 6.96. The monoisotopic (exact) mass is 335 g/mol. The van der Waals surface area contributed by atoms with Crippen molar-refractivity contribution in [3.8, 4) is 6.07 Å². The Morgan fingerprint density at radius 3 is 2.62 bits per heavy atom. The lowest BCUT2D eigenvalue weighted by atomic mass is 9.83. The van der Waals surface area contributed by atoms with Crippen LogP contribution in [-0.4, -0.2) is 47.6 Å². The lowest BCUT2D eigenvalue weighted by Crippen LogP contribution is -2.53. The fourth-order valence-electron chi connectivity index (χ4n) is 3.70. The van der Waals surface area contributed by atoms with Gasteiger partial charge in [0.25, 0.3) is 5.91 Å². The van der Waals surface area contributed by atoms with Gasteiger partial charge < -0.3 is 10.1 Å². The number of ether oxygens (including phenoxy) is 1. The van der Waals surface area contributed by atoms with Crippen LogP contribution < -0.4 is 5.32 Å². The van der Waals surface area contributed by atoms with Crippen LogP contribution >= 0.6 is 0 Å². The van der Waals surface area contributed by atoms with Gasteiger partial charge in [0, 0.05) is 0 Å². The SMILES string of the molecule is CCN1CCCC[C@H]1C(=O)O[C@H](C)C(=O)NC1(C#N)CCCCC1. The van der Waals surface area contributed by atoms with Crippen LogP contribution in [-0.2, 0) is 14.3 Å². The standard InChI is InChI=1S/C18H29N3O3/c1-3-21-12-8-5-9-15(21)17(23)24-14(2)16(22)20-18(13-19)10-6-4-7-11-18/h14-15H,3-12H2,1-2H3,(H,20,22)/t14-,15+/m1/s1. The Kier molecular flexibility index (Phi) is 6.61. The van der Waals surface area contributed by atoms with E-state index in [2.05, 4.69) is 16.3 Å². The Morgan fingerprint density at radius 2 is 2.00 bits per heavy atom. The third-order valence-electron chi connectivity index (χ3n) is 5.24. The van der Waals surface area contributed by atoms with Crippen LogP contribution in [0.15, 0.2) is 0 Å². The van der Waals surface area contributed by atoms with Crippen LogP contribution in [0.4, 0.5) is 0 Å². The van der Waals surface area contributed by atoms with Gasteiger partial charge in [0.15, 0.2) is 6.10 Å². The molecule has 1 heterocycles. The van der Waals surface area contributed by atoms with Crippen LogP contribution in [0.3, 0.4) is 0 Å². The zero-order valence-electron chi connectivity index (χ0n) is 14.8. The number of amides is 1. The minimum atomic E-state index is -0.870. The molecule has 2 aliphatic rings. The van der Waals surface area contributed by atoms with Crippen LogP contribution in [0.25, 0.3) is 0 Å². The number of esters is 1. The summed E-state index contributed by atoms with van der Waals surface area (Å²) in [5, 5.41) is 12.3. The molecule has 0 unspecified atom stereocenters. The number of carbonyl (C=O) groups is 2. The molecule has 24 heavy (non-hydrogen) atoms. The van der Waals surface area contributed by atoms with Gasteiger partial charge in [-0.3, -0.25) is 14.5 Å². The molecule has 6 heteroatoms. The average Bonchev–Trinajstić information content (AvgIpc) is 2.62. The predicted octanol–water partition coefficient (Wildman–Crippen LogP) is 2.14. The normalized spacial score (nSPS) is 25.3. The van der Waals surface area contributed by atoms with E-state index in [4.69, 9.17) is 4.74 Å². The maximum atomic E-state index is 12.4. The van der Waals surface area contributed by atoms with E-state index < -0.39 is 11.6 Å². The highest BCUT2D eigenvalue weighted by molar-refractivity contribution is 5.85. The molecule has 1 saturated carbocycles. The van der Waals surface area contributed by atoms with Crippen molar-refractivity contribution in [2.24, 2.45) is 0 Å². The van der Waals surface area contributed by atoms with Crippen LogP contribution in [0.1, 0.15) is 65.2 Å². The molecule has 1 aliphatic heterocycles.